The molecule has 4 nitrogen and oxygen atoms in total. The van der Waals surface area contributed by atoms with E-state index >= 15 is 0 Å². The van der Waals surface area contributed by atoms with Gasteiger partial charge in [-0.15, -0.1) is 0 Å². The van der Waals surface area contributed by atoms with Gasteiger partial charge in [-0.3, -0.25) is 0 Å². The van der Waals surface area contributed by atoms with E-state index in [0.717, 1.165) is 9.54 Å². The van der Waals surface area contributed by atoms with Crippen LogP contribution in [-0.4, -0.2) is 17.4 Å². The Hall–Kier alpha value is -0.850. The quantitative estimate of drug-likeness (QED) is 0.848. The Kier molecular flexibility index (Phi) is 3.29. The second kappa shape index (κ2) is 4.44. The first-order chi connectivity index (χ1) is 7.93. The Labute approximate surface area is 112 Å². The first-order valence-corrected chi connectivity index (χ1v) is 7.23. The van der Waals surface area contributed by atoms with Crippen molar-refractivity contribution in [3.63, 3.8) is 0 Å². The molecule has 0 saturated heterocycles. The van der Waals surface area contributed by atoms with Gasteiger partial charge in [-0.05, 0) is 40.5 Å². The molecule has 0 spiro atoms. The highest BCUT2D eigenvalue weighted by molar-refractivity contribution is 9.10. The van der Waals surface area contributed by atoms with Crippen LogP contribution >= 0.6 is 27.5 Å². The van der Waals surface area contributed by atoms with Crippen molar-refractivity contribution in [1.29, 1.82) is 0 Å². The fourth-order valence-electron chi connectivity index (χ4n) is 1.33. The van der Waals surface area contributed by atoms with Gasteiger partial charge in [-0.1, -0.05) is 11.6 Å². The number of aromatic nitrogens is 2. The summed E-state index contributed by atoms with van der Waals surface area (Å²) in [5, 5.41) is 0.409. The van der Waals surface area contributed by atoms with Crippen molar-refractivity contribution in [2.75, 3.05) is 0 Å². The third-order valence-electron chi connectivity index (χ3n) is 2.25. The molecule has 0 saturated carbocycles. The van der Waals surface area contributed by atoms with Gasteiger partial charge >= 0.3 is 0 Å². The van der Waals surface area contributed by atoms with Crippen molar-refractivity contribution >= 4 is 37.6 Å². The molecule has 1 heterocycles. The minimum Gasteiger partial charge on any atom is -0.244 e. The van der Waals surface area contributed by atoms with Crippen LogP contribution < -0.4 is 0 Å². The molecule has 2 aromatic rings. The maximum Gasteiger partial charge on any atom is 0.270 e. The van der Waals surface area contributed by atoms with Crippen molar-refractivity contribution in [1.82, 2.24) is 8.96 Å². The van der Waals surface area contributed by atoms with E-state index in [2.05, 4.69) is 20.9 Å². The van der Waals surface area contributed by atoms with Gasteiger partial charge in [0.05, 0.1) is 0 Å². The van der Waals surface area contributed by atoms with Crippen molar-refractivity contribution in [2.45, 2.75) is 11.8 Å². The van der Waals surface area contributed by atoms with E-state index in [1.54, 1.807) is 13.0 Å². The number of rotatable bonds is 2. The molecular weight excluding hydrogens is 328 g/mol. The summed E-state index contributed by atoms with van der Waals surface area (Å²) in [7, 11) is -3.64. The predicted octanol–water partition coefficient (Wildman–Crippen LogP) is 2.84. The summed E-state index contributed by atoms with van der Waals surface area (Å²) in [5.74, 6) is 0. The lowest BCUT2D eigenvalue weighted by Crippen LogP contribution is -2.11. The van der Waals surface area contributed by atoms with Crippen molar-refractivity contribution in [3.8, 4) is 0 Å². The van der Waals surface area contributed by atoms with Crippen LogP contribution in [0.3, 0.4) is 0 Å². The highest BCUT2D eigenvalue weighted by Crippen LogP contribution is 2.29. The van der Waals surface area contributed by atoms with E-state index in [-0.39, 0.29) is 4.90 Å². The SMILES string of the molecule is Cc1cc(Br)c(S(=O)(=O)n2ccnc2)cc1Cl. The zero-order valence-electron chi connectivity index (χ0n) is 8.76. The van der Waals surface area contributed by atoms with E-state index < -0.39 is 10.0 Å². The Morgan fingerprint density at radius 2 is 2.12 bits per heavy atom. The van der Waals surface area contributed by atoms with Crippen LogP contribution in [0.1, 0.15) is 5.56 Å². The van der Waals surface area contributed by atoms with Crippen LogP contribution in [0.4, 0.5) is 0 Å². The van der Waals surface area contributed by atoms with E-state index in [4.69, 9.17) is 11.6 Å². The number of benzene rings is 1. The van der Waals surface area contributed by atoms with Crippen molar-refractivity contribution in [3.05, 3.63) is 45.9 Å². The van der Waals surface area contributed by atoms with E-state index in [1.807, 2.05) is 0 Å². The molecule has 0 aliphatic rings. The van der Waals surface area contributed by atoms with Crippen LogP contribution in [0, 0.1) is 6.92 Å². The molecule has 1 aromatic heterocycles. The number of nitrogens with zero attached hydrogens (tertiary/aromatic N) is 2. The number of imidazole rings is 1. The van der Waals surface area contributed by atoms with Crippen LogP contribution in [0.2, 0.25) is 5.02 Å². The zero-order valence-corrected chi connectivity index (χ0v) is 11.9. The van der Waals surface area contributed by atoms with Gasteiger partial charge in [-0.25, -0.2) is 17.4 Å². The van der Waals surface area contributed by atoms with E-state index in [1.165, 1.54) is 24.8 Å². The highest BCUT2D eigenvalue weighted by Gasteiger charge is 2.20. The molecule has 0 radical (unpaired) electrons. The summed E-state index contributed by atoms with van der Waals surface area (Å²) in [6.07, 6.45) is 4.01. The maximum absolute atomic E-state index is 12.2. The van der Waals surface area contributed by atoms with E-state index in [0.29, 0.717) is 9.50 Å². The molecular formula is C10H8BrClN2O2S. The summed E-state index contributed by atoms with van der Waals surface area (Å²) in [6.45, 7) is 1.81. The largest absolute Gasteiger partial charge is 0.270 e. The van der Waals surface area contributed by atoms with Crippen molar-refractivity contribution in [2.24, 2.45) is 0 Å². The maximum atomic E-state index is 12.2. The Morgan fingerprint density at radius 3 is 2.71 bits per heavy atom. The fourth-order valence-corrected chi connectivity index (χ4v) is 3.82. The smallest absolute Gasteiger partial charge is 0.244 e. The molecule has 2 rings (SSSR count). The molecule has 1 aromatic carbocycles. The number of hydrogen-bond donors (Lipinski definition) is 0. The van der Waals surface area contributed by atoms with Gasteiger partial charge in [0.25, 0.3) is 10.0 Å². The molecule has 0 atom stereocenters. The zero-order chi connectivity index (χ0) is 12.6. The first-order valence-electron chi connectivity index (χ1n) is 4.62. The number of halogens is 2. The third kappa shape index (κ3) is 2.25. The second-order valence-electron chi connectivity index (χ2n) is 3.43. The Bertz CT molecular complexity index is 653. The molecule has 0 unspecified atom stereocenters. The Morgan fingerprint density at radius 1 is 1.41 bits per heavy atom. The minimum absolute atomic E-state index is 0.117. The third-order valence-corrected chi connectivity index (χ3v) is 5.24. The molecule has 90 valence electrons. The van der Waals surface area contributed by atoms with Crippen LogP contribution in [-0.2, 0) is 10.0 Å². The van der Waals surface area contributed by atoms with Gasteiger partial charge in [0, 0.05) is 21.9 Å². The van der Waals surface area contributed by atoms with E-state index in [9.17, 15) is 8.42 Å². The standard InChI is InChI=1S/C10H8BrClN2O2S/c1-7-4-8(11)10(5-9(7)12)17(15,16)14-3-2-13-6-14/h2-6H,1H3. The van der Waals surface area contributed by atoms with Gasteiger partial charge in [0.2, 0.25) is 0 Å². The molecule has 17 heavy (non-hydrogen) atoms. The van der Waals surface area contributed by atoms with Gasteiger partial charge < -0.3 is 0 Å². The minimum atomic E-state index is -3.64. The fraction of sp³-hybridized carbons (Fsp3) is 0.100. The molecule has 0 aliphatic carbocycles. The van der Waals surface area contributed by atoms with Gasteiger partial charge in [-0.2, -0.15) is 0 Å². The average molecular weight is 336 g/mol. The lowest BCUT2D eigenvalue weighted by Gasteiger charge is -2.09. The van der Waals surface area contributed by atoms with Gasteiger partial charge in [0.15, 0.2) is 0 Å². The first kappa shape index (κ1) is 12.6. The number of aryl methyl sites for hydroxylation is 1. The molecule has 0 amide bonds. The second-order valence-corrected chi connectivity index (χ2v) is 6.50. The average Bonchev–Trinajstić information content (AvgIpc) is 2.77. The number of hydrogen-bond acceptors (Lipinski definition) is 3. The normalized spacial score (nSPS) is 11.7. The summed E-state index contributed by atoms with van der Waals surface area (Å²) < 4.78 is 25.9. The Balaban J connectivity index is 2.67. The van der Waals surface area contributed by atoms with Gasteiger partial charge in [0.1, 0.15) is 11.2 Å². The van der Waals surface area contributed by atoms with Crippen LogP contribution in [0.5, 0.6) is 0 Å². The van der Waals surface area contributed by atoms with Crippen LogP contribution in [0.25, 0.3) is 0 Å². The van der Waals surface area contributed by atoms with Crippen molar-refractivity contribution < 1.29 is 8.42 Å². The summed E-state index contributed by atoms with van der Waals surface area (Å²) in [5.41, 5.74) is 0.808. The molecule has 0 fully saturated rings. The molecule has 7 heteroatoms. The molecule has 0 aliphatic heterocycles. The lowest BCUT2D eigenvalue weighted by atomic mass is 10.2. The highest BCUT2D eigenvalue weighted by atomic mass is 79.9. The summed E-state index contributed by atoms with van der Waals surface area (Å²) >= 11 is 9.17. The molecule has 0 N–H and O–H groups in total. The topological polar surface area (TPSA) is 52.0 Å². The lowest BCUT2D eigenvalue weighted by molar-refractivity contribution is 0.586. The predicted molar refractivity (Wildman–Crippen MR) is 68.7 cm³/mol. The summed E-state index contributed by atoms with van der Waals surface area (Å²) in [6, 6.07) is 3.10. The monoisotopic (exact) mass is 334 g/mol. The van der Waals surface area contributed by atoms with Crippen LogP contribution in [0.15, 0.2) is 40.2 Å². The molecule has 0 bridgehead atoms. The summed E-state index contributed by atoms with van der Waals surface area (Å²) in [4.78, 5) is 3.84.